The van der Waals surface area contributed by atoms with Crippen molar-refractivity contribution in [2.75, 3.05) is 6.79 Å². The van der Waals surface area contributed by atoms with Gasteiger partial charge in [-0.05, 0) is 24.0 Å². The first-order valence-corrected chi connectivity index (χ1v) is 7.24. The van der Waals surface area contributed by atoms with E-state index in [0.717, 1.165) is 19.3 Å². The van der Waals surface area contributed by atoms with Gasteiger partial charge >= 0.3 is 0 Å². The Morgan fingerprint density at radius 2 is 1.55 bits per heavy atom. The maximum absolute atomic E-state index is 5.73. The molecule has 0 saturated carbocycles. The molecule has 1 aliphatic heterocycles. The fourth-order valence-electron chi connectivity index (χ4n) is 2.67. The van der Waals surface area contributed by atoms with Crippen molar-refractivity contribution in [2.24, 2.45) is 0 Å². The molecule has 1 aliphatic rings. The Morgan fingerprint density at radius 1 is 0.850 bits per heavy atom. The summed E-state index contributed by atoms with van der Waals surface area (Å²) in [6.45, 7) is 0.402. The molecule has 0 spiro atoms. The number of hydrogen-bond donors (Lipinski definition) is 0. The minimum Gasteiger partial charge on any atom is -0.352 e. The number of aryl methyl sites for hydroxylation is 1. The first-order valence-electron chi connectivity index (χ1n) is 7.24. The SMILES string of the molecule is c1ccc(CC[C@H]2C[C@H](c3ccccc3)OCO2)cc1. The zero-order valence-corrected chi connectivity index (χ0v) is 11.6. The summed E-state index contributed by atoms with van der Waals surface area (Å²) in [5.74, 6) is 0. The summed E-state index contributed by atoms with van der Waals surface area (Å²) >= 11 is 0. The van der Waals surface area contributed by atoms with Gasteiger partial charge in [-0.25, -0.2) is 0 Å². The second kappa shape index (κ2) is 6.69. The first kappa shape index (κ1) is 13.3. The highest BCUT2D eigenvalue weighted by Crippen LogP contribution is 2.29. The third-order valence-corrected chi connectivity index (χ3v) is 3.82. The molecule has 0 radical (unpaired) electrons. The van der Waals surface area contributed by atoms with Crippen LogP contribution in [0.25, 0.3) is 0 Å². The normalized spacial score (nSPS) is 22.6. The molecule has 2 atom stereocenters. The standard InChI is InChI=1S/C18H20O2/c1-3-7-15(8-4-1)11-12-17-13-18(20-14-19-17)16-9-5-2-6-10-16/h1-10,17-18H,11-14H2/t17-,18+/m0/s1. The van der Waals surface area contributed by atoms with Crippen LogP contribution in [0.4, 0.5) is 0 Å². The van der Waals surface area contributed by atoms with Crippen molar-refractivity contribution in [1.29, 1.82) is 0 Å². The summed E-state index contributed by atoms with van der Waals surface area (Å²) in [5, 5.41) is 0. The van der Waals surface area contributed by atoms with Crippen molar-refractivity contribution in [1.82, 2.24) is 0 Å². The maximum Gasteiger partial charge on any atom is 0.147 e. The van der Waals surface area contributed by atoms with E-state index in [1.807, 2.05) is 6.07 Å². The van der Waals surface area contributed by atoms with Gasteiger partial charge in [-0.15, -0.1) is 0 Å². The van der Waals surface area contributed by atoms with Crippen LogP contribution in [0.5, 0.6) is 0 Å². The Labute approximate surface area is 120 Å². The highest BCUT2D eigenvalue weighted by atomic mass is 16.7. The van der Waals surface area contributed by atoms with Crippen LogP contribution in [0.1, 0.15) is 30.1 Å². The minimum absolute atomic E-state index is 0.172. The fraction of sp³-hybridized carbons (Fsp3) is 0.333. The van der Waals surface area contributed by atoms with Crippen LogP contribution in [0.2, 0.25) is 0 Å². The third kappa shape index (κ3) is 3.47. The maximum atomic E-state index is 5.73. The Hall–Kier alpha value is -1.64. The van der Waals surface area contributed by atoms with E-state index in [-0.39, 0.29) is 12.2 Å². The fourth-order valence-corrected chi connectivity index (χ4v) is 2.67. The molecule has 2 heteroatoms. The molecule has 0 N–H and O–H groups in total. The van der Waals surface area contributed by atoms with E-state index in [9.17, 15) is 0 Å². The van der Waals surface area contributed by atoms with Crippen LogP contribution in [-0.2, 0) is 15.9 Å². The van der Waals surface area contributed by atoms with Gasteiger partial charge in [0.1, 0.15) is 6.79 Å². The summed E-state index contributed by atoms with van der Waals surface area (Å²) in [6.07, 6.45) is 3.51. The zero-order valence-electron chi connectivity index (χ0n) is 11.6. The number of hydrogen-bond acceptors (Lipinski definition) is 2. The minimum atomic E-state index is 0.172. The summed E-state index contributed by atoms with van der Waals surface area (Å²) in [4.78, 5) is 0. The van der Waals surface area contributed by atoms with Crippen LogP contribution in [0, 0.1) is 0 Å². The summed E-state index contributed by atoms with van der Waals surface area (Å²) < 4.78 is 11.5. The van der Waals surface area contributed by atoms with Crippen molar-refractivity contribution >= 4 is 0 Å². The molecular formula is C18H20O2. The van der Waals surface area contributed by atoms with Crippen molar-refractivity contribution < 1.29 is 9.47 Å². The van der Waals surface area contributed by atoms with Crippen LogP contribution >= 0.6 is 0 Å². The Balaban J connectivity index is 1.56. The van der Waals surface area contributed by atoms with E-state index in [4.69, 9.17) is 9.47 Å². The van der Waals surface area contributed by atoms with Crippen LogP contribution in [-0.4, -0.2) is 12.9 Å². The number of benzene rings is 2. The van der Waals surface area contributed by atoms with Crippen molar-refractivity contribution in [3.05, 3.63) is 71.8 Å². The molecule has 2 aromatic carbocycles. The highest BCUT2D eigenvalue weighted by Gasteiger charge is 2.24. The van der Waals surface area contributed by atoms with E-state index in [2.05, 4.69) is 54.6 Å². The van der Waals surface area contributed by atoms with Crippen molar-refractivity contribution in [3.8, 4) is 0 Å². The van der Waals surface area contributed by atoms with E-state index >= 15 is 0 Å². The summed E-state index contributed by atoms with van der Waals surface area (Å²) in [5.41, 5.74) is 2.62. The highest BCUT2D eigenvalue weighted by molar-refractivity contribution is 5.18. The first-order chi connectivity index (χ1) is 9.92. The Morgan fingerprint density at radius 3 is 2.30 bits per heavy atom. The summed E-state index contributed by atoms with van der Waals surface area (Å²) in [6, 6.07) is 21.0. The van der Waals surface area contributed by atoms with Gasteiger partial charge in [-0.2, -0.15) is 0 Å². The van der Waals surface area contributed by atoms with Crippen LogP contribution in [0.3, 0.4) is 0 Å². The monoisotopic (exact) mass is 268 g/mol. The van der Waals surface area contributed by atoms with Gasteiger partial charge in [0.15, 0.2) is 0 Å². The molecule has 0 aliphatic carbocycles. The molecule has 1 fully saturated rings. The van der Waals surface area contributed by atoms with Gasteiger partial charge in [-0.3, -0.25) is 0 Å². The average molecular weight is 268 g/mol. The molecule has 0 aromatic heterocycles. The molecule has 0 bridgehead atoms. The average Bonchev–Trinajstić information content (AvgIpc) is 2.55. The molecule has 3 rings (SSSR count). The lowest BCUT2D eigenvalue weighted by Gasteiger charge is -2.30. The number of ether oxygens (including phenoxy) is 2. The van der Waals surface area contributed by atoms with Gasteiger partial charge in [0, 0.05) is 6.42 Å². The quantitative estimate of drug-likeness (QED) is 0.830. The molecule has 0 amide bonds. The second-order valence-electron chi connectivity index (χ2n) is 5.23. The zero-order chi connectivity index (χ0) is 13.6. The van der Waals surface area contributed by atoms with E-state index < -0.39 is 0 Å². The Kier molecular flexibility index (Phi) is 4.46. The van der Waals surface area contributed by atoms with Crippen LogP contribution < -0.4 is 0 Å². The molecule has 1 heterocycles. The molecule has 2 nitrogen and oxygen atoms in total. The molecule has 2 aromatic rings. The predicted molar refractivity (Wildman–Crippen MR) is 79.4 cm³/mol. The predicted octanol–water partition coefficient (Wildman–Crippen LogP) is 4.12. The molecule has 0 unspecified atom stereocenters. The van der Waals surface area contributed by atoms with Gasteiger partial charge in [-0.1, -0.05) is 60.7 Å². The Bertz CT molecular complexity index is 509. The number of rotatable bonds is 4. The van der Waals surface area contributed by atoms with Crippen molar-refractivity contribution in [2.45, 2.75) is 31.5 Å². The topological polar surface area (TPSA) is 18.5 Å². The molecular weight excluding hydrogens is 248 g/mol. The third-order valence-electron chi connectivity index (χ3n) is 3.82. The second-order valence-corrected chi connectivity index (χ2v) is 5.23. The van der Waals surface area contributed by atoms with Gasteiger partial charge < -0.3 is 9.47 Å². The molecule has 1 saturated heterocycles. The molecule has 104 valence electrons. The van der Waals surface area contributed by atoms with Crippen LogP contribution in [0.15, 0.2) is 60.7 Å². The largest absolute Gasteiger partial charge is 0.352 e. The lowest BCUT2D eigenvalue weighted by Crippen LogP contribution is -2.27. The smallest absolute Gasteiger partial charge is 0.147 e. The lowest BCUT2D eigenvalue weighted by molar-refractivity contribution is -0.178. The van der Waals surface area contributed by atoms with E-state index in [0.29, 0.717) is 6.79 Å². The van der Waals surface area contributed by atoms with Crippen molar-refractivity contribution in [3.63, 3.8) is 0 Å². The van der Waals surface area contributed by atoms with E-state index in [1.54, 1.807) is 0 Å². The van der Waals surface area contributed by atoms with E-state index in [1.165, 1.54) is 11.1 Å². The summed E-state index contributed by atoms with van der Waals surface area (Å²) in [7, 11) is 0. The van der Waals surface area contributed by atoms with Gasteiger partial charge in [0.25, 0.3) is 0 Å². The lowest BCUT2D eigenvalue weighted by atomic mass is 9.98. The molecule has 20 heavy (non-hydrogen) atoms. The van der Waals surface area contributed by atoms with Gasteiger partial charge in [0.2, 0.25) is 0 Å². The van der Waals surface area contributed by atoms with Gasteiger partial charge in [0.05, 0.1) is 12.2 Å².